The number of unbranched alkanes of at least 4 members (excludes halogenated alkanes) is 39. The molecule has 0 rings (SSSR count). The first-order valence-corrected chi connectivity index (χ1v) is 29.3. The Hall–Kier alpha value is -2.11. The number of carbonyl (C=O) groups is 3. The highest BCUT2D eigenvalue weighted by Gasteiger charge is 2.19. The molecule has 0 spiro atoms. The van der Waals surface area contributed by atoms with Gasteiger partial charge in [0.05, 0.1) is 0 Å². The number of allylic oxidation sites excluding steroid dienone is 4. The van der Waals surface area contributed by atoms with E-state index in [0.717, 1.165) is 64.2 Å². The van der Waals surface area contributed by atoms with Crippen LogP contribution in [0, 0.1) is 0 Å². The minimum atomic E-state index is -0.767. The molecule has 6 heteroatoms. The van der Waals surface area contributed by atoms with Crippen molar-refractivity contribution in [3.63, 3.8) is 0 Å². The topological polar surface area (TPSA) is 78.9 Å². The van der Waals surface area contributed by atoms with E-state index in [2.05, 4.69) is 45.1 Å². The lowest BCUT2D eigenvalue weighted by Crippen LogP contribution is -2.30. The van der Waals surface area contributed by atoms with E-state index in [1.807, 2.05) is 0 Å². The van der Waals surface area contributed by atoms with E-state index in [4.69, 9.17) is 14.2 Å². The van der Waals surface area contributed by atoms with E-state index in [-0.39, 0.29) is 31.1 Å². The Morgan fingerprint density at radius 1 is 0.303 bits per heavy atom. The van der Waals surface area contributed by atoms with Crippen LogP contribution in [0.3, 0.4) is 0 Å². The summed E-state index contributed by atoms with van der Waals surface area (Å²) >= 11 is 0. The maximum absolute atomic E-state index is 12.8. The van der Waals surface area contributed by atoms with E-state index in [1.54, 1.807) is 0 Å². The van der Waals surface area contributed by atoms with Gasteiger partial charge in [-0.15, -0.1) is 0 Å². The van der Waals surface area contributed by atoms with Crippen LogP contribution < -0.4 is 0 Å². The van der Waals surface area contributed by atoms with E-state index < -0.39 is 6.10 Å². The van der Waals surface area contributed by atoms with Crippen LogP contribution in [-0.2, 0) is 28.6 Å². The zero-order chi connectivity index (χ0) is 47.9. The standard InChI is InChI=1S/C60H112O6/c1-4-7-10-13-16-19-21-23-25-27-29-30-31-33-34-36-38-41-44-47-50-53-59(62)65-56-57(55-64-58(61)52-49-46-43-40-18-15-12-9-6-3)66-60(63)54-51-48-45-42-39-37-35-32-28-26-24-22-20-17-14-11-8-5-2/h21,23,27,29,57H,4-20,22,24-26,28,30-56H2,1-3H3/b23-21-,29-27-. The van der Waals surface area contributed by atoms with Gasteiger partial charge >= 0.3 is 17.9 Å². The van der Waals surface area contributed by atoms with Crippen LogP contribution >= 0.6 is 0 Å². The Kier molecular flexibility index (Phi) is 53.7. The van der Waals surface area contributed by atoms with Crippen LogP contribution in [0.25, 0.3) is 0 Å². The molecular weight excluding hydrogens is 817 g/mol. The van der Waals surface area contributed by atoms with Gasteiger partial charge in [0.2, 0.25) is 0 Å². The summed E-state index contributed by atoms with van der Waals surface area (Å²) in [4.78, 5) is 38.1. The van der Waals surface area contributed by atoms with Crippen LogP contribution in [0.4, 0.5) is 0 Å². The highest BCUT2D eigenvalue weighted by Crippen LogP contribution is 2.17. The maximum atomic E-state index is 12.8. The predicted octanol–water partition coefficient (Wildman–Crippen LogP) is 19.5. The van der Waals surface area contributed by atoms with Crippen LogP contribution in [0.15, 0.2) is 24.3 Å². The highest BCUT2D eigenvalue weighted by atomic mass is 16.6. The molecule has 0 amide bonds. The fourth-order valence-corrected chi connectivity index (χ4v) is 8.77. The Balaban J connectivity index is 4.22. The maximum Gasteiger partial charge on any atom is 0.306 e. The van der Waals surface area contributed by atoms with Crippen molar-refractivity contribution >= 4 is 17.9 Å². The van der Waals surface area contributed by atoms with Crippen molar-refractivity contribution in [3.05, 3.63) is 24.3 Å². The Morgan fingerprint density at radius 2 is 0.545 bits per heavy atom. The number of hydrogen-bond acceptors (Lipinski definition) is 6. The number of ether oxygens (including phenoxy) is 3. The molecule has 0 heterocycles. The molecule has 0 aromatic rings. The lowest BCUT2D eigenvalue weighted by molar-refractivity contribution is -0.167. The summed E-state index contributed by atoms with van der Waals surface area (Å²) < 4.78 is 16.8. The van der Waals surface area contributed by atoms with E-state index in [9.17, 15) is 14.4 Å². The summed E-state index contributed by atoms with van der Waals surface area (Å²) in [5.74, 6) is -0.853. The monoisotopic (exact) mass is 929 g/mol. The Morgan fingerprint density at radius 3 is 0.833 bits per heavy atom. The summed E-state index contributed by atoms with van der Waals surface area (Å²) in [6.45, 7) is 6.66. The molecule has 0 N–H and O–H groups in total. The van der Waals surface area contributed by atoms with E-state index in [1.165, 1.54) is 218 Å². The molecule has 0 aliphatic rings. The molecule has 388 valence electrons. The third-order valence-electron chi connectivity index (χ3n) is 13.2. The van der Waals surface area contributed by atoms with Gasteiger partial charge in [-0.3, -0.25) is 14.4 Å². The molecule has 0 saturated heterocycles. The summed E-state index contributed by atoms with van der Waals surface area (Å²) in [5.41, 5.74) is 0. The van der Waals surface area contributed by atoms with Gasteiger partial charge < -0.3 is 14.2 Å². The summed E-state index contributed by atoms with van der Waals surface area (Å²) in [6.07, 6.45) is 64.6. The third-order valence-corrected chi connectivity index (χ3v) is 13.2. The molecule has 0 radical (unpaired) electrons. The van der Waals surface area contributed by atoms with Gasteiger partial charge in [-0.2, -0.15) is 0 Å². The number of rotatable bonds is 54. The molecule has 6 nitrogen and oxygen atoms in total. The molecular formula is C60H112O6. The second kappa shape index (κ2) is 55.5. The average molecular weight is 930 g/mol. The van der Waals surface area contributed by atoms with Gasteiger partial charge in [0.1, 0.15) is 13.2 Å². The quantitative estimate of drug-likeness (QED) is 0.0262. The van der Waals surface area contributed by atoms with Crippen molar-refractivity contribution in [2.24, 2.45) is 0 Å². The molecule has 0 bridgehead atoms. The lowest BCUT2D eigenvalue weighted by Gasteiger charge is -2.18. The Labute approximate surface area is 411 Å². The van der Waals surface area contributed by atoms with Gasteiger partial charge in [-0.25, -0.2) is 0 Å². The van der Waals surface area contributed by atoms with Crippen molar-refractivity contribution in [2.45, 2.75) is 329 Å². The van der Waals surface area contributed by atoms with Gasteiger partial charge in [0.15, 0.2) is 6.10 Å². The molecule has 1 unspecified atom stereocenters. The van der Waals surface area contributed by atoms with Gasteiger partial charge in [0, 0.05) is 19.3 Å². The molecule has 0 aliphatic carbocycles. The smallest absolute Gasteiger partial charge is 0.306 e. The van der Waals surface area contributed by atoms with Crippen LogP contribution in [0.1, 0.15) is 323 Å². The van der Waals surface area contributed by atoms with E-state index in [0.29, 0.717) is 19.3 Å². The van der Waals surface area contributed by atoms with Crippen molar-refractivity contribution in [1.29, 1.82) is 0 Å². The fourth-order valence-electron chi connectivity index (χ4n) is 8.77. The SMILES string of the molecule is CCCCCCC/C=C\C/C=C\CCCCCCCCCCCC(=O)OCC(COC(=O)CCCCCCCCCCC)OC(=O)CCCCCCCCCCCCCCCCCCCC. The normalized spacial score (nSPS) is 12.1. The number of hydrogen-bond donors (Lipinski definition) is 0. The molecule has 0 aliphatic heterocycles. The highest BCUT2D eigenvalue weighted by molar-refractivity contribution is 5.71. The molecule has 0 saturated carbocycles. The first-order valence-electron chi connectivity index (χ1n) is 29.3. The molecule has 66 heavy (non-hydrogen) atoms. The molecule has 0 fully saturated rings. The largest absolute Gasteiger partial charge is 0.462 e. The predicted molar refractivity (Wildman–Crippen MR) is 284 cm³/mol. The van der Waals surface area contributed by atoms with Crippen molar-refractivity contribution < 1.29 is 28.6 Å². The van der Waals surface area contributed by atoms with Crippen LogP contribution in [0.5, 0.6) is 0 Å². The average Bonchev–Trinajstić information content (AvgIpc) is 3.31. The minimum Gasteiger partial charge on any atom is -0.462 e. The first kappa shape index (κ1) is 63.9. The third kappa shape index (κ3) is 52.9. The summed E-state index contributed by atoms with van der Waals surface area (Å²) in [6, 6.07) is 0. The summed E-state index contributed by atoms with van der Waals surface area (Å²) in [7, 11) is 0. The summed E-state index contributed by atoms with van der Waals surface area (Å²) in [5, 5.41) is 0. The second-order valence-electron chi connectivity index (χ2n) is 19.9. The first-order chi connectivity index (χ1) is 32.5. The number of esters is 3. The lowest BCUT2D eigenvalue weighted by atomic mass is 10.0. The fraction of sp³-hybridized carbons (Fsp3) is 0.883. The van der Waals surface area contributed by atoms with Gasteiger partial charge in [-0.1, -0.05) is 276 Å². The molecule has 1 atom stereocenters. The zero-order valence-electron chi connectivity index (χ0n) is 44.5. The van der Waals surface area contributed by atoms with Crippen molar-refractivity contribution in [2.75, 3.05) is 13.2 Å². The zero-order valence-corrected chi connectivity index (χ0v) is 44.5. The van der Waals surface area contributed by atoms with Crippen molar-refractivity contribution in [1.82, 2.24) is 0 Å². The number of carbonyl (C=O) groups excluding carboxylic acids is 3. The van der Waals surface area contributed by atoms with Crippen LogP contribution in [0.2, 0.25) is 0 Å². The second-order valence-corrected chi connectivity index (χ2v) is 19.9. The minimum absolute atomic E-state index is 0.0674. The Bertz CT molecular complexity index is 1070. The van der Waals surface area contributed by atoms with Crippen LogP contribution in [-0.4, -0.2) is 37.2 Å². The van der Waals surface area contributed by atoms with E-state index >= 15 is 0 Å². The molecule has 0 aromatic heterocycles. The van der Waals surface area contributed by atoms with Crippen molar-refractivity contribution in [3.8, 4) is 0 Å². The van der Waals surface area contributed by atoms with Gasteiger partial charge in [0.25, 0.3) is 0 Å². The van der Waals surface area contributed by atoms with Gasteiger partial charge in [-0.05, 0) is 51.4 Å². The molecule has 0 aromatic carbocycles.